The molecular weight excluding hydrogens is 210 g/mol. The fraction of sp³-hybridized carbons (Fsp3) is 0.100. The predicted molar refractivity (Wildman–Crippen MR) is 46.7 cm³/mol. The van der Waals surface area contributed by atoms with E-state index in [0.717, 1.165) is 12.1 Å². The minimum atomic E-state index is -4.67. The van der Waals surface area contributed by atoms with Crippen LogP contribution < -0.4 is 0 Å². The highest BCUT2D eigenvalue weighted by Gasteiger charge is 2.34. The Kier molecular flexibility index (Phi) is 2.10. The molecule has 1 nitrogen and oxygen atoms in total. The van der Waals surface area contributed by atoms with Crippen LogP contribution in [0.2, 0.25) is 0 Å². The molecule has 0 bridgehead atoms. The molecule has 0 aliphatic carbocycles. The molecule has 78 valence electrons. The number of pyridine rings is 1. The first-order chi connectivity index (χ1) is 6.98. The molecule has 0 radical (unpaired) electrons. The lowest BCUT2D eigenvalue weighted by Crippen LogP contribution is -2.08. The second-order valence-electron chi connectivity index (χ2n) is 3.03. The molecule has 0 spiro atoms. The largest absolute Gasteiger partial charge is 0.419 e. The van der Waals surface area contributed by atoms with E-state index >= 15 is 0 Å². The lowest BCUT2D eigenvalue weighted by atomic mass is 10.1. The van der Waals surface area contributed by atoms with Crippen molar-refractivity contribution >= 4 is 10.9 Å². The van der Waals surface area contributed by atoms with Crippen molar-refractivity contribution in [2.75, 3.05) is 0 Å². The van der Waals surface area contributed by atoms with Crippen LogP contribution in [0, 0.1) is 5.82 Å². The minimum absolute atomic E-state index is 0.211. The fourth-order valence-corrected chi connectivity index (χ4v) is 1.31. The Morgan fingerprint density at radius 3 is 2.53 bits per heavy atom. The van der Waals surface area contributed by atoms with Gasteiger partial charge in [-0.15, -0.1) is 0 Å². The zero-order valence-electron chi connectivity index (χ0n) is 7.35. The lowest BCUT2D eigenvalue weighted by molar-refractivity contribution is -0.139. The van der Waals surface area contributed by atoms with Gasteiger partial charge in [-0.2, -0.15) is 13.2 Å². The first-order valence-electron chi connectivity index (χ1n) is 4.10. The molecule has 0 N–H and O–H groups in total. The van der Waals surface area contributed by atoms with Crippen molar-refractivity contribution in [1.29, 1.82) is 0 Å². The van der Waals surface area contributed by atoms with Crippen LogP contribution in [0.15, 0.2) is 30.5 Å². The Hall–Kier alpha value is -1.65. The molecular formula is C10H5F4N. The average molecular weight is 215 g/mol. The van der Waals surface area contributed by atoms with Crippen molar-refractivity contribution < 1.29 is 17.6 Å². The maximum Gasteiger partial charge on any atom is 0.419 e. The molecule has 0 saturated carbocycles. The van der Waals surface area contributed by atoms with Crippen molar-refractivity contribution in [2.24, 2.45) is 0 Å². The Balaban J connectivity index is 2.73. The van der Waals surface area contributed by atoms with E-state index in [1.807, 2.05) is 0 Å². The second kappa shape index (κ2) is 3.18. The molecule has 0 aliphatic rings. The van der Waals surface area contributed by atoms with Crippen molar-refractivity contribution in [3.05, 3.63) is 41.8 Å². The summed E-state index contributed by atoms with van der Waals surface area (Å²) in [6.07, 6.45) is -3.27. The van der Waals surface area contributed by atoms with E-state index in [2.05, 4.69) is 4.98 Å². The van der Waals surface area contributed by atoms with Crippen molar-refractivity contribution in [3.8, 4) is 0 Å². The Morgan fingerprint density at radius 2 is 1.87 bits per heavy atom. The van der Waals surface area contributed by atoms with Crippen LogP contribution >= 0.6 is 0 Å². The SMILES string of the molecule is Fc1cc2ncccc2cc1C(F)(F)F. The third-order valence-corrected chi connectivity index (χ3v) is 2.00. The van der Waals surface area contributed by atoms with Crippen LogP contribution in [0.4, 0.5) is 17.6 Å². The quantitative estimate of drug-likeness (QED) is 0.614. The van der Waals surface area contributed by atoms with Gasteiger partial charge in [0.05, 0.1) is 11.1 Å². The summed E-state index contributed by atoms with van der Waals surface area (Å²) in [6.45, 7) is 0. The van der Waals surface area contributed by atoms with E-state index in [0.29, 0.717) is 0 Å². The first kappa shape index (κ1) is 9.89. The number of nitrogens with zero attached hydrogens (tertiary/aromatic N) is 1. The van der Waals surface area contributed by atoms with Crippen molar-refractivity contribution in [3.63, 3.8) is 0 Å². The summed E-state index contributed by atoms with van der Waals surface area (Å²) < 4.78 is 50.0. The third kappa shape index (κ3) is 1.77. The normalized spacial score (nSPS) is 12.0. The molecule has 1 aromatic heterocycles. The van der Waals surface area contributed by atoms with Gasteiger partial charge in [0.15, 0.2) is 0 Å². The summed E-state index contributed by atoms with van der Waals surface area (Å²) in [5.74, 6) is -1.30. The number of hydrogen-bond donors (Lipinski definition) is 0. The summed E-state index contributed by atoms with van der Waals surface area (Å²) in [5.41, 5.74) is -1.05. The van der Waals surface area contributed by atoms with Gasteiger partial charge in [0.25, 0.3) is 0 Å². The molecule has 0 aliphatic heterocycles. The van der Waals surface area contributed by atoms with E-state index in [4.69, 9.17) is 0 Å². The molecule has 15 heavy (non-hydrogen) atoms. The Bertz CT molecular complexity index is 504. The highest BCUT2D eigenvalue weighted by molar-refractivity contribution is 5.79. The van der Waals surface area contributed by atoms with Crippen LogP contribution in [0.5, 0.6) is 0 Å². The summed E-state index contributed by atoms with van der Waals surface area (Å²) in [6, 6.07) is 4.51. The van der Waals surface area contributed by atoms with Gasteiger partial charge in [-0.05, 0) is 12.1 Å². The van der Waals surface area contributed by atoms with Gasteiger partial charge in [-0.3, -0.25) is 4.98 Å². The van der Waals surface area contributed by atoms with Crippen LogP contribution in [-0.4, -0.2) is 4.98 Å². The summed E-state index contributed by atoms with van der Waals surface area (Å²) in [4.78, 5) is 3.76. The van der Waals surface area contributed by atoms with Crippen LogP contribution in [0.25, 0.3) is 10.9 Å². The molecule has 0 unspecified atom stereocenters. The number of hydrogen-bond acceptors (Lipinski definition) is 1. The standard InChI is InChI=1S/C10H5F4N/c11-8-5-9-6(2-1-3-15-9)4-7(8)10(12,13)14/h1-5H. The van der Waals surface area contributed by atoms with Gasteiger partial charge < -0.3 is 0 Å². The van der Waals surface area contributed by atoms with Crippen LogP contribution in [0.1, 0.15) is 5.56 Å². The topological polar surface area (TPSA) is 12.9 Å². The number of aromatic nitrogens is 1. The van der Waals surface area contributed by atoms with Crippen LogP contribution in [-0.2, 0) is 6.18 Å². The zero-order chi connectivity index (χ0) is 11.1. The number of rotatable bonds is 0. The van der Waals surface area contributed by atoms with E-state index in [-0.39, 0.29) is 10.9 Å². The van der Waals surface area contributed by atoms with Gasteiger partial charge in [0.1, 0.15) is 5.82 Å². The molecule has 1 heterocycles. The number of halogens is 4. The smallest absolute Gasteiger partial charge is 0.256 e. The summed E-state index contributed by atoms with van der Waals surface area (Å²) >= 11 is 0. The Morgan fingerprint density at radius 1 is 1.13 bits per heavy atom. The van der Waals surface area contributed by atoms with Gasteiger partial charge in [-0.1, -0.05) is 6.07 Å². The van der Waals surface area contributed by atoms with Gasteiger partial charge in [-0.25, -0.2) is 4.39 Å². The molecule has 0 atom stereocenters. The van der Waals surface area contributed by atoms with Crippen molar-refractivity contribution in [1.82, 2.24) is 4.98 Å². The molecule has 2 aromatic rings. The maximum absolute atomic E-state index is 13.1. The molecule has 0 amide bonds. The van der Waals surface area contributed by atoms with Gasteiger partial charge in [0.2, 0.25) is 0 Å². The highest BCUT2D eigenvalue weighted by Crippen LogP contribution is 2.33. The van der Waals surface area contributed by atoms with Gasteiger partial charge in [0, 0.05) is 17.6 Å². The average Bonchev–Trinajstić information content (AvgIpc) is 2.15. The Labute approximate surface area is 82.4 Å². The van der Waals surface area contributed by atoms with E-state index in [1.165, 1.54) is 18.3 Å². The zero-order valence-corrected chi connectivity index (χ0v) is 7.35. The van der Waals surface area contributed by atoms with E-state index < -0.39 is 17.6 Å². The highest BCUT2D eigenvalue weighted by atomic mass is 19.4. The first-order valence-corrected chi connectivity index (χ1v) is 4.10. The molecule has 1 aromatic carbocycles. The van der Waals surface area contributed by atoms with Crippen LogP contribution in [0.3, 0.4) is 0 Å². The molecule has 0 fully saturated rings. The summed E-state index contributed by atoms with van der Waals surface area (Å²) in [5, 5.41) is 0.270. The monoisotopic (exact) mass is 215 g/mol. The minimum Gasteiger partial charge on any atom is -0.256 e. The lowest BCUT2D eigenvalue weighted by Gasteiger charge is -2.08. The molecule has 0 saturated heterocycles. The number of benzene rings is 1. The second-order valence-corrected chi connectivity index (χ2v) is 3.03. The molecule has 2 rings (SSSR count). The number of alkyl halides is 3. The van der Waals surface area contributed by atoms with Crippen molar-refractivity contribution in [2.45, 2.75) is 6.18 Å². The van der Waals surface area contributed by atoms with E-state index in [9.17, 15) is 17.6 Å². The maximum atomic E-state index is 13.1. The van der Waals surface area contributed by atoms with E-state index in [1.54, 1.807) is 0 Å². The van der Waals surface area contributed by atoms with Gasteiger partial charge >= 0.3 is 6.18 Å². The predicted octanol–water partition coefficient (Wildman–Crippen LogP) is 3.39. The number of fused-ring (bicyclic) bond motifs is 1. The summed E-state index contributed by atoms with van der Waals surface area (Å²) in [7, 11) is 0. The third-order valence-electron chi connectivity index (χ3n) is 2.00. The molecule has 5 heteroatoms. The fourth-order valence-electron chi connectivity index (χ4n) is 1.31.